The molecule has 1 aliphatic heterocycles. The minimum absolute atomic E-state index is 0.684. The first-order chi connectivity index (χ1) is 9.70. The van der Waals surface area contributed by atoms with Crippen molar-refractivity contribution in [3.05, 3.63) is 17.6 Å². The van der Waals surface area contributed by atoms with Crippen LogP contribution < -0.4 is 10.2 Å². The maximum atomic E-state index is 5.05. The second-order valence-corrected chi connectivity index (χ2v) is 5.55. The van der Waals surface area contributed by atoms with Crippen LogP contribution in [0.4, 0.5) is 5.82 Å². The number of rotatable bonds is 6. The summed E-state index contributed by atoms with van der Waals surface area (Å²) >= 11 is 0. The number of nitrogens with one attached hydrogen (secondary N) is 1. The quantitative estimate of drug-likeness (QED) is 0.800. The van der Waals surface area contributed by atoms with Gasteiger partial charge in [0.1, 0.15) is 5.82 Å². The molecule has 2 rings (SSSR count). The molecule has 1 aromatic heterocycles. The molecular weight excluding hydrogens is 252 g/mol. The van der Waals surface area contributed by atoms with E-state index >= 15 is 0 Å². The van der Waals surface area contributed by atoms with Gasteiger partial charge in [0.2, 0.25) is 0 Å². The van der Waals surface area contributed by atoms with Crippen LogP contribution in [0.5, 0.6) is 0 Å². The third kappa shape index (κ3) is 4.15. The highest BCUT2D eigenvalue weighted by Crippen LogP contribution is 2.21. The Morgan fingerprint density at radius 3 is 3.00 bits per heavy atom. The molecule has 2 heterocycles. The zero-order valence-electron chi connectivity index (χ0n) is 12.9. The minimum Gasteiger partial charge on any atom is -0.383 e. The van der Waals surface area contributed by atoms with Crippen LogP contribution in [0, 0.1) is 19.8 Å². The Bertz CT molecular complexity index is 424. The molecule has 1 saturated heterocycles. The largest absolute Gasteiger partial charge is 0.383 e. The Hall–Kier alpha value is -1.20. The SMILES string of the molecule is COCCNCC1CCCN(c2cnc(C)c(C)n2)C1. The van der Waals surface area contributed by atoms with Crippen molar-refractivity contribution in [2.24, 2.45) is 5.92 Å². The van der Waals surface area contributed by atoms with E-state index in [-0.39, 0.29) is 0 Å². The van der Waals surface area contributed by atoms with Crippen LogP contribution in [-0.4, -0.2) is 49.9 Å². The van der Waals surface area contributed by atoms with Gasteiger partial charge >= 0.3 is 0 Å². The van der Waals surface area contributed by atoms with E-state index in [1.54, 1.807) is 7.11 Å². The van der Waals surface area contributed by atoms with Gasteiger partial charge in [-0.15, -0.1) is 0 Å². The second-order valence-electron chi connectivity index (χ2n) is 5.55. The van der Waals surface area contributed by atoms with Crippen molar-refractivity contribution in [3.8, 4) is 0 Å². The van der Waals surface area contributed by atoms with E-state index in [1.165, 1.54) is 12.8 Å². The smallest absolute Gasteiger partial charge is 0.147 e. The van der Waals surface area contributed by atoms with Gasteiger partial charge in [-0.2, -0.15) is 0 Å². The van der Waals surface area contributed by atoms with Crippen molar-refractivity contribution in [2.45, 2.75) is 26.7 Å². The Labute approximate surface area is 121 Å². The maximum Gasteiger partial charge on any atom is 0.147 e. The summed E-state index contributed by atoms with van der Waals surface area (Å²) in [5.41, 5.74) is 2.05. The third-order valence-corrected chi connectivity index (χ3v) is 3.94. The molecule has 1 N–H and O–H groups in total. The van der Waals surface area contributed by atoms with Crippen LogP contribution in [0.1, 0.15) is 24.2 Å². The Balaban J connectivity index is 1.87. The molecule has 0 aromatic carbocycles. The van der Waals surface area contributed by atoms with Gasteiger partial charge in [0.25, 0.3) is 0 Å². The third-order valence-electron chi connectivity index (χ3n) is 3.94. The summed E-state index contributed by atoms with van der Waals surface area (Å²) in [5, 5.41) is 3.46. The molecule has 0 radical (unpaired) electrons. The van der Waals surface area contributed by atoms with Crippen LogP contribution in [0.15, 0.2) is 6.20 Å². The van der Waals surface area contributed by atoms with Gasteiger partial charge in [0, 0.05) is 26.7 Å². The molecule has 0 spiro atoms. The monoisotopic (exact) mass is 278 g/mol. The lowest BCUT2D eigenvalue weighted by atomic mass is 9.98. The number of nitrogens with zero attached hydrogens (tertiary/aromatic N) is 3. The summed E-state index contributed by atoms with van der Waals surface area (Å²) in [5.74, 6) is 1.71. The summed E-state index contributed by atoms with van der Waals surface area (Å²) in [6.07, 6.45) is 4.42. The first kappa shape index (κ1) is 15.2. The van der Waals surface area contributed by atoms with E-state index in [4.69, 9.17) is 4.74 Å². The Kier molecular flexibility index (Phi) is 5.73. The van der Waals surface area contributed by atoms with Gasteiger partial charge < -0.3 is 15.0 Å². The molecule has 0 bridgehead atoms. The van der Waals surface area contributed by atoms with Crippen molar-refractivity contribution in [3.63, 3.8) is 0 Å². The molecule has 1 aromatic rings. The van der Waals surface area contributed by atoms with Gasteiger partial charge in [-0.1, -0.05) is 0 Å². The molecule has 5 nitrogen and oxygen atoms in total. The second kappa shape index (κ2) is 7.55. The fourth-order valence-electron chi connectivity index (χ4n) is 2.60. The predicted molar refractivity (Wildman–Crippen MR) is 81.2 cm³/mol. The normalized spacial score (nSPS) is 19.4. The fourth-order valence-corrected chi connectivity index (χ4v) is 2.60. The van der Waals surface area contributed by atoms with Crippen LogP contribution in [0.25, 0.3) is 0 Å². The zero-order chi connectivity index (χ0) is 14.4. The highest BCUT2D eigenvalue weighted by atomic mass is 16.5. The molecule has 0 saturated carbocycles. The average molecular weight is 278 g/mol. The lowest BCUT2D eigenvalue weighted by Gasteiger charge is -2.33. The number of aryl methyl sites for hydroxylation is 2. The topological polar surface area (TPSA) is 50.3 Å². The number of anilines is 1. The fraction of sp³-hybridized carbons (Fsp3) is 0.733. The first-order valence-corrected chi connectivity index (χ1v) is 7.45. The highest BCUT2D eigenvalue weighted by molar-refractivity contribution is 5.38. The van der Waals surface area contributed by atoms with Crippen LogP contribution in [0.2, 0.25) is 0 Å². The van der Waals surface area contributed by atoms with E-state index in [0.29, 0.717) is 5.92 Å². The molecule has 1 aliphatic rings. The van der Waals surface area contributed by atoms with Gasteiger partial charge in [-0.05, 0) is 39.2 Å². The lowest BCUT2D eigenvalue weighted by molar-refractivity contribution is 0.197. The van der Waals surface area contributed by atoms with Crippen LogP contribution >= 0.6 is 0 Å². The molecule has 1 fully saturated rings. The van der Waals surface area contributed by atoms with Gasteiger partial charge in [0.05, 0.1) is 24.2 Å². The summed E-state index contributed by atoms with van der Waals surface area (Å²) in [6.45, 7) is 8.95. The average Bonchev–Trinajstić information content (AvgIpc) is 2.47. The minimum atomic E-state index is 0.684. The number of methoxy groups -OCH3 is 1. The molecule has 0 amide bonds. The molecule has 1 atom stereocenters. The number of aromatic nitrogens is 2. The van der Waals surface area contributed by atoms with E-state index in [2.05, 4.69) is 20.2 Å². The predicted octanol–water partition coefficient (Wildman–Crippen LogP) is 1.55. The van der Waals surface area contributed by atoms with E-state index in [0.717, 1.165) is 50.0 Å². The van der Waals surface area contributed by atoms with Crippen molar-refractivity contribution < 1.29 is 4.74 Å². The summed E-state index contributed by atoms with van der Waals surface area (Å²) in [6, 6.07) is 0. The van der Waals surface area contributed by atoms with Crippen LogP contribution in [-0.2, 0) is 4.74 Å². The lowest BCUT2D eigenvalue weighted by Crippen LogP contribution is -2.40. The highest BCUT2D eigenvalue weighted by Gasteiger charge is 2.21. The van der Waals surface area contributed by atoms with Crippen molar-refractivity contribution in [1.82, 2.24) is 15.3 Å². The number of ether oxygens (including phenoxy) is 1. The van der Waals surface area contributed by atoms with Crippen LogP contribution in [0.3, 0.4) is 0 Å². The Morgan fingerprint density at radius 2 is 2.25 bits per heavy atom. The van der Waals surface area contributed by atoms with Crippen molar-refractivity contribution in [1.29, 1.82) is 0 Å². The molecule has 0 aliphatic carbocycles. The molecular formula is C15H26N4O. The summed E-state index contributed by atoms with van der Waals surface area (Å²) < 4.78 is 5.05. The first-order valence-electron chi connectivity index (χ1n) is 7.45. The van der Waals surface area contributed by atoms with E-state index in [1.807, 2.05) is 20.0 Å². The zero-order valence-corrected chi connectivity index (χ0v) is 12.9. The molecule has 1 unspecified atom stereocenters. The summed E-state index contributed by atoms with van der Waals surface area (Å²) in [7, 11) is 1.74. The maximum absolute atomic E-state index is 5.05. The van der Waals surface area contributed by atoms with Crippen molar-refractivity contribution in [2.75, 3.05) is 44.8 Å². The van der Waals surface area contributed by atoms with Gasteiger partial charge in [-0.3, -0.25) is 4.98 Å². The molecule has 112 valence electrons. The molecule has 5 heteroatoms. The van der Waals surface area contributed by atoms with Gasteiger partial charge in [-0.25, -0.2) is 4.98 Å². The Morgan fingerprint density at radius 1 is 1.40 bits per heavy atom. The number of hydrogen-bond donors (Lipinski definition) is 1. The van der Waals surface area contributed by atoms with Crippen molar-refractivity contribution >= 4 is 5.82 Å². The molecule has 20 heavy (non-hydrogen) atoms. The number of piperidine rings is 1. The van der Waals surface area contributed by atoms with E-state index < -0.39 is 0 Å². The summed E-state index contributed by atoms with van der Waals surface area (Å²) in [4.78, 5) is 11.5. The van der Waals surface area contributed by atoms with E-state index in [9.17, 15) is 0 Å². The standard InChI is InChI=1S/C15H26N4O/c1-12-13(2)18-15(10-17-12)19-7-4-5-14(11-19)9-16-6-8-20-3/h10,14,16H,4-9,11H2,1-3H3. The van der Waals surface area contributed by atoms with Gasteiger partial charge in [0.15, 0.2) is 0 Å². The number of hydrogen-bond acceptors (Lipinski definition) is 5.